The van der Waals surface area contributed by atoms with E-state index < -0.39 is 9.84 Å². The van der Waals surface area contributed by atoms with E-state index in [0.29, 0.717) is 23.0 Å². The molecule has 1 unspecified atom stereocenters. The second kappa shape index (κ2) is 6.82. The van der Waals surface area contributed by atoms with Crippen molar-refractivity contribution in [3.63, 3.8) is 0 Å². The van der Waals surface area contributed by atoms with E-state index in [1.165, 1.54) is 17.6 Å². The molecule has 1 saturated heterocycles. The summed E-state index contributed by atoms with van der Waals surface area (Å²) in [6, 6.07) is 7.93. The molecule has 1 atom stereocenters. The fraction of sp³-hybridized carbons (Fsp3) is 0.471. The highest BCUT2D eigenvalue weighted by atomic mass is 32.2. The molecule has 1 fully saturated rings. The fourth-order valence-corrected chi connectivity index (χ4v) is 5.32. The lowest BCUT2D eigenvalue weighted by molar-refractivity contribution is 0.0702. The third-order valence-corrected chi connectivity index (χ3v) is 6.43. The van der Waals surface area contributed by atoms with Crippen molar-refractivity contribution in [3.05, 3.63) is 34.7 Å². The minimum Gasteiger partial charge on any atom is -0.336 e. The van der Waals surface area contributed by atoms with Gasteiger partial charge in [-0.3, -0.25) is 4.79 Å². The first kappa shape index (κ1) is 17.4. The van der Waals surface area contributed by atoms with Gasteiger partial charge in [0, 0.05) is 30.1 Å². The lowest BCUT2D eigenvalue weighted by atomic mass is 10.1. The maximum absolute atomic E-state index is 13.1. The summed E-state index contributed by atoms with van der Waals surface area (Å²) < 4.78 is 24.7. The number of amides is 1. The molecule has 0 radical (unpaired) electrons. The molecule has 1 N–H and O–H groups in total. The first-order chi connectivity index (χ1) is 11.4. The zero-order chi connectivity index (χ0) is 17.3. The summed E-state index contributed by atoms with van der Waals surface area (Å²) in [6.45, 7) is 1.39. The van der Waals surface area contributed by atoms with Crippen LogP contribution in [-0.2, 0) is 15.6 Å². The van der Waals surface area contributed by atoms with Gasteiger partial charge in [0.15, 0.2) is 9.84 Å². The molecular weight excluding hydrogens is 344 g/mol. The van der Waals surface area contributed by atoms with Crippen molar-refractivity contribution < 1.29 is 13.2 Å². The van der Waals surface area contributed by atoms with Crippen LogP contribution in [0.4, 0.5) is 0 Å². The molecule has 24 heavy (non-hydrogen) atoms. The van der Waals surface area contributed by atoms with Crippen LogP contribution in [0.15, 0.2) is 24.3 Å². The van der Waals surface area contributed by atoms with E-state index in [1.54, 1.807) is 0 Å². The molecule has 1 aromatic carbocycles. The van der Waals surface area contributed by atoms with Gasteiger partial charge in [0.2, 0.25) is 0 Å². The number of carbonyl (C=O) groups is 1. The van der Waals surface area contributed by atoms with E-state index >= 15 is 0 Å². The zero-order valence-electron chi connectivity index (χ0n) is 13.9. The average Bonchev–Trinajstić information content (AvgIpc) is 2.91. The maximum atomic E-state index is 13.1. The van der Waals surface area contributed by atoms with Gasteiger partial charge in [-0.05, 0) is 36.9 Å². The number of fused-ring (bicyclic) bond motifs is 1. The Morgan fingerprint density at radius 1 is 1.38 bits per heavy atom. The fourth-order valence-electron chi connectivity index (χ4n) is 3.22. The van der Waals surface area contributed by atoms with Crippen LogP contribution in [-0.4, -0.2) is 51.7 Å². The van der Waals surface area contributed by atoms with Crippen molar-refractivity contribution >= 4 is 37.2 Å². The standard InChI is InChI=1S/C17H22N2O3S2/c1-18-12-6-5-9-19(10-12)17(20)16-14(11-24(2,21)22)13-7-3-4-8-15(13)23-16/h3-4,7-8,12,18H,5-6,9-11H2,1-2H3. The van der Waals surface area contributed by atoms with Crippen molar-refractivity contribution in [2.75, 3.05) is 26.4 Å². The SMILES string of the molecule is CNC1CCCN(C(=O)c2sc3ccccc3c2CS(C)(=O)=O)C1. The predicted octanol–water partition coefficient (Wildman–Crippen LogP) is 2.27. The van der Waals surface area contributed by atoms with Gasteiger partial charge in [-0.15, -0.1) is 11.3 Å². The van der Waals surface area contributed by atoms with Gasteiger partial charge in [-0.2, -0.15) is 0 Å². The minimum absolute atomic E-state index is 0.0465. The zero-order valence-corrected chi connectivity index (χ0v) is 15.5. The lowest BCUT2D eigenvalue weighted by Crippen LogP contribution is -2.46. The Kier molecular flexibility index (Phi) is 4.94. The molecular formula is C17H22N2O3S2. The monoisotopic (exact) mass is 366 g/mol. The highest BCUT2D eigenvalue weighted by Gasteiger charge is 2.28. The van der Waals surface area contributed by atoms with Gasteiger partial charge in [0.05, 0.1) is 10.6 Å². The molecule has 0 saturated carbocycles. The predicted molar refractivity (Wildman–Crippen MR) is 98.4 cm³/mol. The molecule has 7 heteroatoms. The van der Waals surface area contributed by atoms with Crippen molar-refractivity contribution in [1.82, 2.24) is 10.2 Å². The van der Waals surface area contributed by atoms with Crippen LogP contribution >= 0.6 is 11.3 Å². The van der Waals surface area contributed by atoms with Crippen molar-refractivity contribution in [2.24, 2.45) is 0 Å². The van der Waals surface area contributed by atoms with Crippen molar-refractivity contribution in [1.29, 1.82) is 0 Å². The molecule has 0 bridgehead atoms. The number of nitrogens with one attached hydrogen (secondary N) is 1. The quantitative estimate of drug-likeness (QED) is 0.901. The normalized spacial score (nSPS) is 18.9. The van der Waals surface area contributed by atoms with Gasteiger partial charge < -0.3 is 10.2 Å². The van der Waals surface area contributed by atoms with Crippen LogP contribution in [0.1, 0.15) is 28.1 Å². The number of sulfone groups is 1. The molecule has 3 rings (SSSR count). The number of hydrogen-bond donors (Lipinski definition) is 1. The minimum atomic E-state index is -3.22. The number of thiophene rings is 1. The topological polar surface area (TPSA) is 66.5 Å². The third-order valence-electron chi connectivity index (χ3n) is 4.42. The largest absolute Gasteiger partial charge is 0.336 e. The molecule has 130 valence electrons. The maximum Gasteiger partial charge on any atom is 0.264 e. The Morgan fingerprint density at radius 2 is 2.12 bits per heavy atom. The Labute approximate surface area is 146 Å². The van der Waals surface area contributed by atoms with Gasteiger partial charge in [-0.25, -0.2) is 8.42 Å². The Balaban J connectivity index is 2.01. The molecule has 1 aromatic heterocycles. The summed E-state index contributed by atoms with van der Waals surface area (Å²) in [5, 5.41) is 4.11. The molecule has 1 aliphatic heterocycles. The summed E-state index contributed by atoms with van der Waals surface area (Å²) in [4.78, 5) is 15.5. The van der Waals surface area contributed by atoms with E-state index in [-0.39, 0.29) is 11.7 Å². The number of hydrogen-bond acceptors (Lipinski definition) is 5. The van der Waals surface area contributed by atoms with Crippen LogP contribution in [0.3, 0.4) is 0 Å². The van der Waals surface area contributed by atoms with E-state index in [1.807, 2.05) is 36.2 Å². The third kappa shape index (κ3) is 3.63. The number of carbonyl (C=O) groups excluding carboxylic acids is 1. The highest BCUT2D eigenvalue weighted by molar-refractivity contribution is 7.89. The number of benzene rings is 1. The van der Waals surface area contributed by atoms with Crippen LogP contribution in [0.5, 0.6) is 0 Å². The smallest absolute Gasteiger partial charge is 0.264 e. The number of piperidine rings is 1. The molecule has 1 amide bonds. The summed E-state index contributed by atoms with van der Waals surface area (Å²) >= 11 is 1.40. The lowest BCUT2D eigenvalue weighted by Gasteiger charge is -2.32. The first-order valence-electron chi connectivity index (χ1n) is 8.03. The number of likely N-dealkylation sites (N-methyl/N-ethyl adjacent to an activating group) is 1. The molecule has 0 spiro atoms. The molecule has 5 nitrogen and oxygen atoms in total. The van der Waals surface area contributed by atoms with Gasteiger partial charge in [0.1, 0.15) is 0 Å². The van der Waals surface area contributed by atoms with E-state index in [9.17, 15) is 13.2 Å². The number of likely N-dealkylation sites (tertiary alicyclic amines) is 1. The van der Waals surface area contributed by atoms with Gasteiger partial charge >= 0.3 is 0 Å². The molecule has 0 aliphatic carbocycles. The summed E-state index contributed by atoms with van der Waals surface area (Å²) in [5.74, 6) is -0.142. The Morgan fingerprint density at radius 3 is 2.83 bits per heavy atom. The van der Waals surface area contributed by atoms with E-state index in [4.69, 9.17) is 0 Å². The number of nitrogens with zero attached hydrogens (tertiary/aromatic N) is 1. The Bertz CT molecular complexity index is 858. The second-order valence-electron chi connectivity index (χ2n) is 6.35. The summed E-state index contributed by atoms with van der Waals surface area (Å²) in [6.07, 6.45) is 3.23. The molecule has 2 aromatic rings. The average molecular weight is 367 g/mol. The van der Waals surface area contributed by atoms with Crippen LogP contribution in [0, 0.1) is 0 Å². The van der Waals surface area contributed by atoms with E-state index in [0.717, 1.165) is 29.5 Å². The first-order valence-corrected chi connectivity index (χ1v) is 10.9. The van der Waals surface area contributed by atoms with Gasteiger partial charge in [0.25, 0.3) is 5.91 Å². The van der Waals surface area contributed by atoms with Crippen molar-refractivity contribution in [2.45, 2.75) is 24.6 Å². The van der Waals surface area contributed by atoms with E-state index in [2.05, 4.69) is 5.32 Å². The number of rotatable bonds is 4. The summed E-state index contributed by atoms with van der Waals surface area (Å²) in [5.41, 5.74) is 0.648. The highest BCUT2D eigenvalue weighted by Crippen LogP contribution is 2.34. The molecule has 2 heterocycles. The second-order valence-corrected chi connectivity index (χ2v) is 9.55. The molecule has 1 aliphatic rings. The summed E-state index contributed by atoms with van der Waals surface area (Å²) in [7, 11) is -1.31. The Hall–Kier alpha value is -1.44. The van der Waals surface area contributed by atoms with Crippen LogP contribution in [0.2, 0.25) is 0 Å². The van der Waals surface area contributed by atoms with Crippen molar-refractivity contribution in [3.8, 4) is 0 Å². The van der Waals surface area contributed by atoms with Crippen LogP contribution in [0.25, 0.3) is 10.1 Å². The van der Waals surface area contributed by atoms with Gasteiger partial charge in [-0.1, -0.05) is 18.2 Å². The van der Waals surface area contributed by atoms with Crippen LogP contribution < -0.4 is 5.32 Å².